The number of carbonyl (C=O) groups excluding carboxylic acids is 2. The highest BCUT2D eigenvalue weighted by Gasteiger charge is 2.30. The van der Waals surface area contributed by atoms with E-state index in [0.29, 0.717) is 5.69 Å². The molecule has 168 valence electrons. The summed E-state index contributed by atoms with van der Waals surface area (Å²) in [7, 11) is -2.24. The number of likely N-dealkylation sites (N-methyl/N-ethyl adjacent to an activating group) is 1. The fraction of sp³-hybridized carbons (Fsp3) is 0.391. The third kappa shape index (κ3) is 6.30. The van der Waals surface area contributed by atoms with Crippen molar-refractivity contribution in [3.8, 4) is 0 Å². The second kappa shape index (κ2) is 10.4. The minimum Gasteiger partial charge on any atom is -0.357 e. The van der Waals surface area contributed by atoms with E-state index >= 15 is 0 Å². The van der Waals surface area contributed by atoms with Gasteiger partial charge in [0.1, 0.15) is 12.6 Å². The number of nitrogens with one attached hydrogen (secondary N) is 1. The molecule has 0 aromatic heterocycles. The van der Waals surface area contributed by atoms with Crippen LogP contribution in [-0.2, 0) is 26.2 Å². The topological polar surface area (TPSA) is 86.8 Å². The highest BCUT2D eigenvalue weighted by Crippen LogP contribution is 2.29. The van der Waals surface area contributed by atoms with E-state index in [-0.39, 0.29) is 18.4 Å². The summed E-state index contributed by atoms with van der Waals surface area (Å²) in [5, 5.41) is 2.56. The molecular formula is C23H31N3O4S. The maximum Gasteiger partial charge on any atom is 0.244 e. The van der Waals surface area contributed by atoms with Crippen molar-refractivity contribution in [2.24, 2.45) is 0 Å². The zero-order valence-corrected chi connectivity index (χ0v) is 19.5. The van der Waals surface area contributed by atoms with E-state index in [0.717, 1.165) is 21.7 Å². The van der Waals surface area contributed by atoms with Crippen LogP contribution in [0.25, 0.3) is 0 Å². The molecular weight excluding hydrogens is 414 g/mol. The largest absolute Gasteiger partial charge is 0.357 e. The van der Waals surface area contributed by atoms with Gasteiger partial charge in [0.25, 0.3) is 0 Å². The maximum atomic E-state index is 13.4. The van der Waals surface area contributed by atoms with Crippen LogP contribution < -0.4 is 9.62 Å². The predicted molar refractivity (Wildman–Crippen MR) is 123 cm³/mol. The number of benzene rings is 2. The van der Waals surface area contributed by atoms with E-state index in [9.17, 15) is 18.0 Å². The number of carbonyl (C=O) groups is 2. The molecule has 0 saturated carbocycles. The molecule has 1 N–H and O–H groups in total. The van der Waals surface area contributed by atoms with Gasteiger partial charge in [0.15, 0.2) is 0 Å². The van der Waals surface area contributed by atoms with Gasteiger partial charge in [-0.1, -0.05) is 62.4 Å². The molecule has 0 aliphatic heterocycles. The van der Waals surface area contributed by atoms with Crippen LogP contribution >= 0.6 is 0 Å². The summed E-state index contributed by atoms with van der Waals surface area (Å²) in [6.07, 6.45) is 1.08. The maximum absolute atomic E-state index is 13.4. The van der Waals surface area contributed by atoms with Crippen LogP contribution in [0.2, 0.25) is 0 Å². The van der Waals surface area contributed by atoms with Gasteiger partial charge in [-0.15, -0.1) is 0 Å². The van der Waals surface area contributed by atoms with Crippen molar-refractivity contribution in [2.75, 3.05) is 24.2 Å². The van der Waals surface area contributed by atoms with Crippen molar-refractivity contribution in [1.82, 2.24) is 10.2 Å². The summed E-state index contributed by atoms with van der Waals surface area (Å²) in [6.45, 7) is 5.37. The van der Waals surface area contributed by atoms with Crippen molar-refractivity contribution < 1.29 is 18.0 Å². The fourth-order valence-corrected chi connectivity index (χ4v) is 4.24. The normalized spacial score (nSPS) is 12.3. The molecule has 2 aromatic carbocycles. The monoisotopic (exact) mass is 445 g/mol. The minimum absolute atomic E-state index is 0.0702. The van der Waals surface area contributed by atoms with Crippen LogP contribution in [0.1, 0.15) is 37.8 Å². The van der Waals surface area contributed by atoms with Gasteiger partial charge in [0.2, 0.25) is 21.8 Å². The van der Waals surface area contributed by atoms with Gasteiger partial charge in [-0.25, -0.2) is 8.42 Å². The number of sulfonamides is 1. The van der Waals surface area contributed by atoms with E-state index in [2.05, 4.69) is 5.32 Å². The first-order valence-electron chi connectivity index (χ1n) is 10.2. The molecule has 8 heteroatoms. The SMILES string of the molecule is CNC(=O)[C@H](C)N(Cc1ccccc1)C(=O)CN(c1ccccc1C(C)C)S(C)(=O)=O. The molecule has 0 heterocycles. The Morgan fingerprint density at radius 3 is 2.10 bits per heavy atom. The molecule has 0 bridgehead atoms. The summed E-state index contributed by atoms with van der Waals surface area (Å²) >= 11 is 0. The number of para-hydroxylation sites is 1. The summed E-state index contributed by atoms with van der Waals surface area (Å²) < 4.78 is 26.4. The Morgan fingerprint density at radius 1 is 0.968 bits per heavy atom. The van der Waals surface area contributed by atoms with E-state index in [1.165, 1.54) is 11.9 Å². The first-order chi connectivity index (χ1) is 14.6. The second-order valence-electron chi connectivity index (χ2n) is 7.78. The van der Waals surface area contributed by atoms with Gasteiger partial charge in [-0.2, -0.15) is 0 Å². The lowest BCUT2D eigenvalue weighted by molar-refractivity contribution is -0.139. The van der Waals surface area contributed by atoms with Gasteiger partial charge in [-0.3, -0.25) is 13.9 Å². The standard InChI is InChI=1S/C23H31N3O4S/c1-17(2)20-13-9-10-14-21(20)26(31(5,29)30)16-22(27)25(18(3)23(28)24-4)15-19-11-7-6-8-12-19/h6-14,17-18H,15-16H2,1-5H3,(H,24,28)/t18-/m0/s1. The van der Waals surface area contributed by atoms with Gasteiger partial charge in [0.05, 0.1) is 11.9 Å². The van der Waals surface area contributed by atoms with Gasteiger partial charge in [-0.05, 0) is 30.0 Å². The highest BCUT2D eigenvalue weighted by molar-refractivity contribution is 7.92. The Labute approximate surface area is 185 Å². The molecule has 2 aromatic rings. The van der Waals surface area contributed by atoms with Crippen LogP contribution in [0.4, 0.5) is 5.69 Å². The number of rotatable bonds is 9. The predicted octanol–water partition coefficient (Wildman–Crippen LogP) is 2.74. The molecule has 2 rings (SSSR count). The van der Waals surface area contributed by atoms with Crippen LogP contribution in [0.15, 0.2) is 54.6 Å². The number of hydrogen-bond donors (Lipinski definition) is 1. The molecule has 1 atom stereocenters. The lowest BCUT2D eigenvalue weighted by atomic mass is 10.0. The summed E-state index contributed by atoms with van der Waals surface area (Å²) in [6, 6.07) is 15.7. The van der Waals surface area contributed by atoms with Gasteiger partial charge in [0, 0.05) is 13.6 Å². The fourth-order valence-electron chi connectivity index (χ4n) is 3.37. The second-order valence-corrected chi connectivity index (χ2v) is 9.69. The zero-order chi connectivity index (χ0) is 23.2. The van der Waals surface area contributed by atoms with E-state index < -0.39 is 28.5 Å². The molecule has 0 radical (unpaired) electrons. The smallest absolute Gasteiger partial charge is 0.244 e. The number of anilines is 1. The van der Waals surface area contributed by atoms with Crippen LogP contribution in [-0.4, -0.2) is 51.0 Å². The van der Waals surface area contributed by atoms with Crippen LogP contribution in [0, 0.1) is 0 Å². The van der Waals surface area contributed by atoms with Gasteiger partial charge >= 0.3 is 0 Å². The average Bonchev–Trinajstić information content (AvgIpc) is 2.74. The first-order valence-corrected chi connectivity index (χ1v) is 12.0. The molecule has 0 unspecified atom stereocenters. The molecule has 7 nitrogen and oxygen atoms in total. The minimum atomic E-state index is -3.74. The first kappa shape index (κ1) is 24.4. The Hall–Kier alpha value is -2.87. The Morgan fingerprint density at radius 2 is 1.55 bits per heavy atom. The molecule has 0 aliphatic rings. The Bertz CT molecular complexity index is 1010. The molecule has 2 amide bonds. The molecule has 31 heavy (non-hydrogen) atoms. The van der Waals surface area contributed by atoms with Crippen molar-refractivity contribution in [1.29, 1.82) is 0 Å². The van der Waals surface area contributed by atoms with Crippen LogP contribution in [0.3, 0.4) is 0 Å². The zero-order valence-electron chi connectivity index (χ0n) is 18.7. The van der Waals surface area contributed by atoms with Crippen LogP contribution in [0.5, 0.6) is 0 Å². The summed E-state index contributed by atoms with van der Waals surface area (Å²) in [5.74, 6) is -0.706. The van der Waals surface area contributed by atoms with Crippen molar-refractivity contribution in [2.45, 2.75) is 39.3 Å². The summed E-state index contributed by atoms with van der Waals surface area (Å²) in [5.41, 5.74) is 2.15. The third-order valence-electron chi connectivity index (χ3n) is 5.12. The highest BCUT2D eigenvalue weighted by atomic mass is 32.2. The Kier molecular flexibility index (Phi) is 8.21. The van der Waals surface area contributed by atoms with E-state index in [4.69, 9.17) is 0 Å². The van der Waals surface area contributed by atoms with Crippen molar-refractivity contribution in [3.05, 3.63) is 65.7 Å². The average molecular weight is 446 g/mol. The van der Waals surface area contributed by atoms with Crippen molar-refractivity contribution >= 4 is 27.5 Å². The third-order valence-corrected chi connectivity index (χ3v) is 6.24. The van der Waals surface area contributed by atoms with Crippen molar-refractivity contribution in [3.63, 3.8) is 0 Å². The number of amides is 2. The lowest BCUT2D eigenvalue weighted by Crippen LogP contribution is -2.50. The van der Waals surface area contributed by atoms with E-state index in [1.807, 2.05) is 56.3 Å². The molecule has 0 aliphatic carbocycles. The van der Waals surface area contributed by atoms with E-state index in [1.54, 1.807) is 19.1 Å². The molecule has 0 spiro atoms. The molecule has 0 saturated heterocycles. The number of nitrogens with zero attached hydrogens (tertiary/aromatic N) is 2. The molecule has 0 fully saturated rings. The lowest BCUT2D eigenvalue weighted by Gasteiger charge is -2.32. The quantitative estimate of drug-likeness (QED) is 0.643. The Balaban J connectivity index is 2.43. The van der Waals surface area contributed by atoms with Gasteiger partial charge < -0.3 is 10.2 Å². The summed E-state index contributed by atoms with van der Waals surface area (Å²) in [4.78, 5) is 27.1. The number of hydrogen-bond acceptors (Lipinski definition) is 4.